The predicted molar refractivity (Wildman–Crippen MR) is 75.8 cm³/mol. The highest BCUT2D eigenvalue weighted by molar-refractivity contribution is 5.87. The van der Waals surface area contributed by atoms with E-state index in [1.54, 1.807) is 12.4 Å². The quantitative estimate of drug-likeness (QED) is 0.732. The molecule has 0 aliphatic rings. The molecule has 100 valence electrons. The maximum absolute atomic E-state index is 13.2. The van der Waals surface area contributed by atoms with Gasteiger partial charge >= 0.3 is 0 Å². The average molecular weight is 268 g/mol. The third-order valence-corrected chi connectivity index (χ3v) is 3.06. The molecule has 0 unspecified atom stereocenters. The Kier molecular flexibility index (Phi) is 3.25. The Bertz CT molecular complexity index is 730. The first-order valence-electron chi connectivity index (χ1n) is 6.25. The molecule has 5 heteroatoms. The zero-order chi connectivity index (χ0) is 13.9. The summed E-state index contributed by atoms with van der Waals surface area (Å²) in [7, 11) is 1.95. The van der Waals surface area contributed by atoms with E-state index in [1.165, 1.54) is 12.3 Å². The number of anilines is 1. The topological polar surface area (TPSA) is 41.9 Å². The SMILES string of the molecule is CN(Cc1ccccn1)c1ccnc2cc(F)cnc12. The minimum absolute atomic E-state index is 0.380. The molecule has 3 heterocycles. The molecule has 0 atom stereocenters. The van der Waals surface area contributed by atoms with Gasteiger partial charge in [0.25, 0.3) is 0 Å². The van der Waals surface area contributed by atoms with Crippen molar-refractivity contribution in [3.63, 3.8) is 0 Å². The zero-order valence-corrected chi connectivity index (χ0v) is 11.0. The third kappa shape index (κ3) is 2.42. The largest absolute Gasteiger partial charge is 0.367 e. The number of rotatable bonds is 3. The van der Waals surface area contributed by atoms with Crippen LogP contribution in [0.2, 0.25) is 0 Å². The molecule has 3 rings (SSSR count). The molecule has 0 spiro atoms. The van der Waals surface area contributed by atoms with Gasteiger partial charge in [0.1, 0.15) is 11.3 Å². The molecule has 0 bridgehead atoms. The Labute approximate surface area is 115 Å². The molecule has 0 aliphatic carbocycles. The van der Waals surface area contributed by atoms with Crippen LogP contribution in [0.3, 0.4) is 0 Å². The second-order valence-corrected chi connectivity index (χ2v) is 4.53. The van der Waals surface area contributed by atoms with Crippen LogP contribution >= 0.6 is 0 Å². The summed E-state index contributed by atoms with van der Waals surface area (Å²) in [6.07, 6.45) is 4.64. The first kappa shape index (κ1) is 12.5. The summed E-state index contributed by atoms with van der Waals surface area (Å²) < 4.78 is 13.2. The van der Waals surface area contributed by atoms with Gasteiger partial charge < -0.3 is 4.90 Å². The van der Waals surface area contributed by atoms with Crippen molar-refractivity contribution in [2.45, 2.75) is 6.54 Å². The monoisotopic (exact) mass is 268 g/mol. The molecule has 4 nitrogen and oxygen atoms in total. The van der Waals surface area contributed by atoms with Crippen molar-refractivity contribution in [3.05, 3.63) is 60.4 Å². The van der Waals surface area contributed by atoms with Crippen LogP contribution in [0.1, 0.15) is 5.69 Å². The zero-order valence-electron chi connectivity index (χ0n) is 11.0. The van der Waals surface area contributed by atoms with E-state index in [0.717, 1.165) is 11.4 Å². The number of pyridine rings is 3. The van der Waals surface area contributed by atoms with Gasteiger partial charge in [0.15, 0.2) is 0 Å². The first-order valence-corrected chi connectivity index (χ1v) is 6.25. The fourth-order valence-corrected chi connectivity index (χ4v) is 2.12. The van der Waals surface area contributed by atoms with Crippen molar-refractivity contribution in [2.24, 2.45) is 0 Å². The number of hydrogen-bond donors (Lipinski definition) is 0. The molecule has 0 radical (unpaired) electrons. The standard InChI is InChI=1S/C15H13FN4/c1-20(10-12-4-2-3-6-17-12)14-5-7-18-13-8-11(16)9-19-15(13)14/h2-9H,10H2,1H3. The van der Waals surface area contributed by atoms with Gasteiger partial charge in [0.2, 0.25) is 0 Å². The van der Waals surface area contributed by atoms with Crippen LogP contribution in [-0.4, -0.2) is 22.0 Å². The normalized spacial score (nSPS) is 10.7. The molecule has 0 saturated heterocycles. The van der Waals surface area contributed by atoms with E-state index in [-0.39, 0.29) is 5.82 Å². The molecule has 3 aromatic heterocycles. The van der Waals surface area contributed by atoms with Gasteiger partial charge in [-0.1, -0.05) is 6.07 Å². The minimum Gasteiger partial charge on any atom is -0.367 e. The lowest BCUT2D eigenvalue weighted by Crippen LogP contribution is -2.17. The molecule has 0 amide bonds. The minimum atomic E-state index is -0.380. The second kappa shape index (κ2) is 5.21. The molecule has 0 N–H and O–H groups in total. The summed E-state index contributed by atoms with van der Waals surface area (Å²) in [6.45, 7) is 0.652. The van der Waals surface area contributed by atoms with E-state index in [9.17, 15) is 4.39 Å². The third-order valence-electron chi connectivity index (χ3n) is 3.06. The van der Waals surface area contributed by atoms with E-state index in [4.69, 9.17) is 0 Å². The number of fused-ring (bicyclic) bond motifs is 1. The van der Waals surface area contributed by atoms with Crippen molar-refractivity contribution in [1.82, 2.24) is 15.0 Å². The Morgan fingerprint density at radius 2 is 2.00 bits per heavy atom. The lowest BCUT2D eigenvalue weighted by molar-refractivity contribution is 0.624. The summed E-state index contributed by atoms with van der Waals surface area (Å²) in [5.41, 5.74) is 3.10. The number of hydrogen-bond acceptors (Lipinski definition) is 4. The highest BCUT2D eigenvalue weighted by Crippen LogP contribution is 2.23. The van der Waals surface area contributed by atoms with Crippen LogP contribution in [0, 0.1) is 5.82 Å². The maximum Gasteiger partial charge on any atom is 0.143 e. The summed E-state index contributed by atoms with van der Waals surface area (Å²) in [5, 5.41) is 0. The van der Waals surface area contributed by atoms with Crippen molar-refractivity contribution < 1.29 is 4.39 Å². The van der Waals surface area contributed by atoms with E-state index >= 15 is 0 Å². The van der Waals surface area contributed by atoms with Gasteiger partial charge in [0.05, 0.1) is 29.6 Å². The van der Waals surface area contributed by atoms with E-state index in [0.29, 0.717) is 17.6 Å². The molecule has 0 saturated carbocycles. The van der Waals surface area contributed by atoms with Crippen LogP contribution in [-0.2, 0) is 6.54 Å². The lowest BCUT2D eigenvalue weighted by atomic mass is 10.2. The summed E-state index contributed by atoms with van der Waals surface area (Å²) in [4.78, 5) is 14.6. The van der Waals surface area contributed by atoms with Crippen LogP contribution < -0.4 is 4.90 Å². The number of nitrogens with zero attached hydrogens (tertiary/aromatic N) is 4. The van der Waals surface area contributed by atoms with E-state index in [1.807, 2.05) is 36.2 Å². The second-order valence-electron chi connectivity index (χ2n) is 4.53. The average Bonchev–Trinajstić information content (AvgIpc) is 2.47. The number of halogens is 1. The van der Waals surface area contributed by atoms with Gasteiger partial charge in [-0.25, -0.2) is 9.37 Å². The van der Waals surface area contributed by atoms with Crippen molar-refractivity contribution in [1.29, 1.82) is 0 Å². The lowest BCUT2D eigenvalue weighted by Gasteiger charge is -2.19. The van der Waals surface area contributed by atoms with Crippen LogP contribution in [0.4, 0.5) is 10.1 Å². The van der Waals surface area contributed by atoms with Gasteiger partial charge in [-0.2, -0.15) is 0 Å². The van der Waals surface area contributed by atoms with Gasteiger partial charge in [-0.3, -0.25) is 9.97 Å². The highest BCUT2D eigenvalue weighted by Gasteiger charge is 2.09. The predicted octanol–water partition coefficient (Wildman–Crippen LogP) is 2.80. The molecular weight excluding hydrogens is 255 g/mol. The highest BCUT2D eigenvalue weighted by atomic mass is 19.1. The molecule has 20 heavy (non-hydrogen) atoms. The van der Waals surface area contributed by atoms with Gasteiger partial charge in [-0.15, -0.1) is 0 Å². The van der Waals surface area contributed by atoms with Crippen LogP contribution in [0.15, 0.2) is 48.9 Å². The fraction of sp³-hybridized carbons (Fsp3) is 0.133. The summed E-state index contributed by atoms with van der Waals surface area (Å²) in [5.74, 6) is -0.380. The summed E-state index contributed by atoms with van der Waals surface area (Å²) in [6, 6.07) is 9.06. The molecule has 0 fully saturated rings. The molecule has 0 aromatic carbocycles. The Morgan fingerprint density at radius 1 is 1.10 bits per heavy atom. The van der Waals surface area contributed by atoms with E-state index in [2.05, 4.69) is 15.0 Å². The van der Waals surface area contributed by atoms with Crippen LogP contribution in [0.5, 0.6) is 0 Å². The van der Waals surface area contributed by atoms with Gasteiger partial charge in [0, 0.05) is 25.5 Å². The Morgan fingerprint density at radius 3 is 2.80 bits per heavy atom. The molecule has 0 aliphatic heterocycles. The fourth-order valence-electron chi connectivity index (χ4n) is 2.12. The Hall–Kier alpha value is -2.56. The van der Waals surface area contributed by atoms with Gasteiger partial charge in [-0.05, 0) is 18.2 Å². The molecule has 3 aromatic rings. The maximum atomic E-state index is 13.2. The van der Waals surface area contributed by atoms with Crippen molar-refractivity contribution in [3.8, 4) is 0 Å². The smallest absolute Gasteiger partial charge is 0.143 e. The van der Waals surface area contributed by atoms with Crippen molar-refractivity contribution >= 4 is 16.7 Å². The Balaban J connectivity index is 1.97. The first-order chi connectivity index (χ1) is 9.74. The van der Waals surface area contributed by atoms with Crippen molar-refractivity contribution in [2.75, 3.05) is 11.9 Å². The van der Waals surface area contributed by atoms with Crippen LogP contribution in [0.25, 0.3) is 11.0 Å². The van der Waals surface area contributed by atoms with E-state index < -0.39 is 0 Å². The summed E-state index contributed by atoms with van der Waals surface area (Å²) >= 11 is 0. The number of aromatic nitrogens is 3. The molecular formula is C15H13FN4.